The van der Waals surface area contributed by atoms with Crippen molar-refractivity contribution in [3.63, 3.8) is 0 Å². The lowest BCUT2D eigenvalue weighted by Crippen LogP contribution is -2.50. The zero-order valence-electron chi connectivity index (χ0n) is 9.14. The molecule has 0 amide bonds. The predicted octanol–water partition coefficient (Wildman–Crippen LogP) is 0.831. The minimum atomic E-state index is -3.20. The number of ether oxygens (including phenoxy) is 1. The normalized spacial score (nSPS) is 16.8. The second kappa shape index (κ2) is 4.43. The fourth-order valence-electron chi connectivity index (χ4n) is 1.49. The molecule has 1 N–H and O–H groups in total. The van der Waals surface area contributed by atoms with Crippen molar-refractivity contribution in [1.82, 2.24) is 5.32 Å². The molecular weight excluding hydrogens is 226 g/mol. The van der Waals surface area contributed by atoms with Crippen molar-refractivity contribution in [3.05, 3.63) is 24.3 Å². The van der Waals surface area contributed by atoms with Gasteiger partial charge in [-0.1, -0.05) is 19.1 Å². The molecule has 1 fully saturated rings. The van der Waals surface area contributed by atoms with Gasteiger partial charge in [-0.25, -0.2) is 8.42 Å². The van der Waals surface area contributed by atoms with Crippen LogP contribution in [0.5, 0.6) is 5.75 Å². The summed E-state index contributed by atoms with van der Waals surface area (Å²) in [5, 5.41) is 3.08. The topological polar surface area (TPSA) is 55.4 Å². The summed E-state index contributed by atoms with van der Waals surface area (Å²) in [6.45, 7) is 3.19. The van der Waals surface area contributed by atoms with Crippen LogP contribution in [-0.2, 0) is 9.84 Å². The first-order chi connectivity index (χ1) is 7.63. The molecule has 1 aliphatic rings. The number of sulfone groups is 1. The van der Waals surface area contributed by atoms with Gasteiger partial charge >= 0.3 is 0 Å². The van der Waals surface area contributed by atoms with E-state index >= 15 is 0 Å². The molecule has 0 atom stereocenters. The molecule has 1 aromatic rings. The van der Waals surface area contributed by atoms with Gasteiger partial charge in [-0.05, 0) is 12.1 Å². The molecule has 0 aliphatic carbocycles. The van der Waals surface area contributed by atoms with Crippen LogP contribution in [0.1, 0.15) is 6.92 Å². The van der Waals surface area contributed by atoms with Crippen LogP contribution >= 0.6 is 0 Å². The maximum atomic E-state index is 11.8. The average Bonchev–Trinajstić information content (AvgIpc) is 2.24. The van der Waals surface area contributed by atoms with E-state index in [1.54, 1.807) is 31.2 Å². The van der Waals surface area contributed by atoms with Gasteiger partial charge in [-0.2, -0.15) is 0 Å². The number of hydrogen-bond acceptors (Lipinski definition) is 4. The molecule has 1 saturated heterocycles. The summed E-state index contributed by atoms with van der Waals surface area (Å²) in [7, 11) is -3.20. The lowest BCUT2D eigenvalue weighted by atomic mass is 10.2. The minimum Gasteiger partial charge on any atom is -0.486 e. The van der Waals surface area contributed by atoms with E-state index in [4.69, 9.17) is 4.74 Å². The Bertz CT molecular complexity index is 466. The van der Waals surface area contributed by atoms with E-state index in [1.165, 1.54) is 0 Å². The van der Waals surface area contributed by atoms with E-state index in [1.807, 2.05) is 0 Å². The third kappa shape index (κ3) is 2.20. The van der Waals surface area contributed by atoms with Crippen LogP contribution in [0.15, 0.2) is 29.2 Å². The second-order valence-corrected chi connectivity index (χ2v) is 5.99. The van der Waals surface area contributed by atoms with Gasteiger partial charge in [0.25, 0.3) is 0 Å². The third-order valence-electron chi connectivity index (χ3n) is 2.60. The van der Waals surface area contributed by atoms with Crippen molar-refractivity contribution in [2.75, 3.05) is 18.8 Å². The second-order valence-electron chi connectivity index (χ2n) is 3.75. The Morgan fingerprint density at radius 2 is 2.06 bits per heavy atom. The Kier molecular flexibility index (Phi) is 3.16. The lowest BCUT2D eigenvalue weighted by molar-refractivity contribution is 0.138. The monoisotopic (exact) mass is 241 g/mol. The summed E-state index contributed by atoms with van der Waals surface area (Å²) in [5.74, 6) is 0.562. The first-order valence-electron chi connectivity index (χ1n) is 5.32. The zero-order chi connectivity index (χ0) is 11.6. The molecule has 0 aromatic heterocycles. The van der Waals surface area contributed by atoms with Gasteiger partial charge in [0.05, 0.1) is 5.75 Å². The van der Waals surface area contributed by atoms with E-state index in [0.29, 0.717) is 10.6 Å². The number of nitrogens with one attached hydrogen (secondary N) is 1. The highest BCUT2D eigenvalue weighted by atomic mass is 32.2. The summed E-state index contributed by atoms with van der Waals surface area (Å²) in [6, 6.07) is 6.81. The summed E-state index contributed by atoms with van der Waals surface area (Å²) in [4.78, 5) is 0.296. The molecule has 2 rings (SSSR count). The third-order valence-corrected chi connectivity index (χ3v) is 4.37. The zero-order valence-corrected chi connectivity index (χ0v) is 9.96. The van der Waals surface area contributed by atoms with Crippen molar-refractivity contribution in [3.8, 4) is 5.75 Å². The Labute approximate surface area is 95.5 Å². The minimum absolute atomic E-state index is 0.0909. The Morgan fingerprint density at radius 3 is 2.62 bits per heavy atom. The maximum Gasteiger partial charge on any atom is 0.181 e. The van der Waals surface area contributed by atoms with Crippen LogP contribution in [0.3, 0.4) is 0 Å². The summed E-state index contributed by atoms with van der Waals surface area (Å²) in [5.41, 5.74) is 0. The van der Waals surface area contributed by atoms with E-state index in [-0.39, 0.29) is 11.9 Å². The molecule has 16 heavy (non-hydrogen) atoms. The molecule has 0 saturated carbocycles. The van der Waals surface area contributed by atoms with Crippen molar-refractivity contribution in [2.24, 2.45) is 0 Å². The van der Waals surface area contributed by atoms with Crippen LogP contribution in [0.25, 0.3) is 0 Å². The molecule has 0 spiro atoms. The van der Waals surface area contributed by atoms with Gasteiger partial charge in [-0.15, -0.1) is 0 Å². The van der Waals surface area contributed by atoms with Crippen LogP contribution in [0.2, 0.25) is 0 Å². The van der Waals surface area contributed by atoms with Crippen molar-refractivity contribution in [2.45, 2.75) is 17.9 Å². The Hall–Kier alpha value is -1.07. The Balaban J connectivity index is 2.29. The van der Waals surface area contributed by atoms with Crippen LogP contribution in [0, 0.1) is 0 Å². The fraction of sp³-hybridized carbons (Fsp3) is 0.455. The van der Waals surface area contributed by atoms with Gasteiger partial charge in [-0.3, -0.25) is 0 Å². The molecule has 1 aliphatic heterocycles. The van der Waals surface area contributed by atoms with Crippen LogP contribution in [0.4, 0.5) is 0 Å². The number of hydrogen-bond donors (Lipinski definition) is 1. The predicted molar refractivity (Wildman–Crippen MR) is 61.5 cm³/mol. The standard InChI is InChI=1S/C11H15NO3S/c1-2-16(13,14)11-6-4-3-5-10(11)15-9-7-12-8-9/h3-6,9,12H,2,7-8H2,1H3. The number of benzene rings is 1. The van der Waals surface area contributed by atoms with Gasteiger partial charge in [0, 0.05) is 13.1 Å². The largest absolute Gasteiger partial charge is 0.486 e. The lowest BCUT2D eigenvalue weighted by Gasteiger charge is -2.28. The van der Waals surface area contributed by atoms with Gasteiger partial charge in [0.2, 0.25) is 0 Å². The molecule has 1 heterocycles. The van der Waals surface area contributed by atoms with Crippen LogP contribution < -0.4 is 10.1 Å². The first kappa shape index (κ1) is 11.4. The molecule has 88 valence electrons. The smallest absolute Gasteiger partial charge is 0.181 e. The van der Waals surface area contributed by atoms with E-state index < -0.39 is 9.84 Å². The highest BCUT2D eigenvalue weighted by molar-refractivity contribution is 7.91. The fourth-order valence-corrected chi connectivity index (χ4v) is 2.50. The quantitative estimate of drug-likeness (QED) is 0.848. The molecule has 5 heteroatoms. The molecular formula is C11H15NO3S. The van der Waals surface area contributed by atoms with Gasteiger partial charge in [0.1, 0.15) is 16.7 Å². The SMILES string of the molecule is CCS(=O)(=O)c1ccccc1OC1CNC1. The Morgan fingerprint density at radius 1 is 1.38 bits per heavy atom. The van der Waals surface area contributed by atoms with E-state index in [0.717, 1.165) is 13.1 Å². The molecule has 1 aromatic carbocycles. The summed E-state index contributed by atoms with van der Waals surface area (Å²) in [6.07, 6.45) is 0.0909. The van der Waals surface area contributed by atoms with Crippen molar-refractivity contribution in [1.29, 1.82) is 0 Å². The molecule has 4 nitrogen and oxygen atoms in total. The number of para-hydroxylation sites is 1. The summed E-state index contributed by atoms with van der Waals surface area (Å²) >= 11 is 0. The highest BCUT2D eigenvalue weighted by Crippen LogP contribution is 2.25. The average molecular weight is 241 g/mol. The highest BCUT2D eigenvalue weighted by Gasteiger charge is 2.23. The van der Waals surface area contributed by atoms with Gasteiger partial charge < -0.3 is 10.1 Å². The molecule has 0 radical (unpaired) electrons. The first-order valence-corrected chi connectivity index (χ1v) is 6.98. The summed E-state index contributed by atoms with van der Waals surface area (Å²) < 4.78 is 29.3. The van der Waals surface area contributed by atoms with Crippen molar-refractivity contribution < 1.29 is 13.2 Å². The van der Waals surface area contributed by atoms with Crippen LogP contribution in [-0.4, -0.2) is 33.4 Å². The van der Waals surface area contributed by atoms with Gasteiger partial charge in [0.15, 0.2) is 9.84 Å². The molecule has 0 bridgehead atoms. The van der Waals surface area contributed by atoms with E-state index in [9.17, 15) is 8.42 Å². The van der Waals surface area contributed by atoms with E-state index in [2.05, 4.69) is 5.32 Å². The number of rotatable bonds is 4. The molecule has 0 unspecified atom stereocenters. The van der Waals surface area contributed by atoms with Crippen molar-refractivity contribution >= 4 is 9.84 Å². The maximum absolute atomic E-state index is 11.8.